The van der Waals surface area contributed by atoms with Crippen LogP contribution in [0.2, 0.25) is 5.02 Å². The highest BCUT2D eigenvalue weighted by molar-refractivity contribution is 6.36. The van der Waals surface area contributed by atoms with E-state index in [4.69, 9.17) is 11.6 Å². The molecule has 0 saturated heterocycles. The van der Waals surface area contributed by atoms with Crippen molar-refractivity contribution < 1.29 is 0 Å². The lowest BCUT2D eigenvalue weighted by molar-refractivity contribution is 1.50. The molecule has 0 heterocycles. The molecule has 0 aliphatic carbocycles. The highest BCUT2D eigenvalue weighted by Gasteiger charge is 1.99. The van der Waals surface area contributed by atoms with E-state index in [0.29, 0.717) is 0 Å². The van der Waals surface area contributed by atoms with Gasteiger partial charge in [-0.25, -0.2) is 0 Å². The molecule has 0 aliphatic rings. The molecular formula is C13H15Cl. The molecule has 0 radical (unpaired) electrons. The minimum Gasteiger partial charge on any atom is -0.0834 e. The molecule has 0 N–H and O–H groups in total. The normalized spacial score (nSPS) is 9.43. The van der Waals surface area contributed by atoms with Crippen molar-refractivity contribution in [1.82, 2.24) is 0 Å². The van der Waals surface area contributed by atoms with Gasteiger partial charge in [-0.3, -0.25) is 0 Å². The van der Waals surface area contributed by atoms with Crippen LogP contribution in [0.3, 0.4) is 0 Å². The first kappa shape index (κ1) is 11.1. The molecule has 74 valence electrons. The Kier molecular flexibility index (Phi) is 3.97. The summed E-state index contributed by atoms with van der Waals surface area (Å²) in [5.41, 5.74) is 1.13. The van der Waals surface area contributed by atoms with Crippen molar-refractivity contribution in [1.29, 1.82) is 0 Å². The Morgan fingerprint density at radius 2 is 1.57 bits per heavy atom. The fourth-order valence-corrected chi connectivity index (χ4v) is 1.58. The highest BCUT2D eigenvalue weighted by Crippen LogP contribution is 2.26. The van der Waals surface area contributed by atoms with E-state index in [0.717, 1.165) is 16.0 Å². The van der Waals surface area contributed by atoms with Crippen molar-refractivity contribution in [3.8, 4) is 0 Å². The van der Waals surface area contributed by atoms with Crippen molar-refractivity contribution >= 4 is 22.4 Å². The van der Waals surface area contributed by atoms with E-state index in [1.807, 2.05) is 45.0 Å². The minimum atomic E-state index is 0.869. The van der Waals surface area contributed by atoms with Crippen molar-refractivity contribution in [2.45, 2.75) is 20.8 Å². The Hall–Kier alpha value is -1.01. The van der Waals surface area contributed by atoms with Crippen LogP contribution >= 0.6 is 11.6 Å². The lowest BCUT2D eigenvalue weighted by atomic mass is 10.1. The van der Waals surface area contributed by atoms with Crippen LogP contribution in [0.15, 0.2) is 36.4 Å². The minimum absolute atomic E-state index is 0.869. The highest BCUT2D eigenvalue weighted by atomic mass is 35.5. The second-order valence-electron chi connectivity index (χ2n) is 2.92. The first-order valence-electron chi connectivity index (χ1n) is 4.93. The second-order valence-corrected chi connectivity index (χ2v) is 3.30. The van der Waals surface area contributed by atoms with E-state index in [-0.39, 0.29) is 0 Å². The van der Waals surface area contributed by atoms with E-state index < -0.39 is 0 Å². The zero-order valence-electron chi connectivity index (χ0n) is 8.84. The Balaban J connectivity index is 0.000000461. The molecule has 0 nitrogen and oxygen atoms in total. The summed E-state index contributed by atoms with van der Waals surface area (Å²) in [5, 5.41) is 3.21. The predicted molar refractivity (Wildman–Crippen MR) is 65.0 cm³/mol. The number of hydrogen-bond acceptors (Lipinski definition) is 0. The standard InChI is InChI=1S/C11H9Cl.C2H6/c1-8-6-7-9-4-2-3-5-10(9)11(8)12;1-2/h2-7H,1H3;1-2H3. The molecule has 0 fully saturated rings. The summed E-state index contributed by atoms with van der Waals surface area (Å²) in [6, 6.07) is 12.3. The van der Waals surface area contributed by atoms with Gasteiger partial charge in [0.2, 0.25) is 0 Å². The van der Waals surface area contributed by atoms with Crippen molar-refractivity contribution in [3.63, 3.8) is 0 Å². The molecule has 0 bridgehead atoms. The molecule has 2 aromatic rings. The molecule has 0 aliphatic heterocycles. The van der Waals surface area contributed by atoms with Crippen LogP contribution in [0, 0.1) is 6.92 Å². The van der Waals surface area contributed by atoms with Crippen LogP contribution in [0.25, 0.3) is 10.8 Å². The SMILES string of the molecule is CC.Cc1ccc2ccccc2c1Cl. The van der Waals surface area contributed by atoms with Crippen LogP contribution in [0.5, 0.6) is 0 Å². The van der Waals surface area contributed by atoms with Gasteiger partial charge in [0.05, 0.1) is 5.02 Å². The molecule has 0 spiro atoms. The van der Waals surface area contributed by atoms with Gasteiger partial charge >= 0.3 is 0 Å². The van der Waals surface area contributed by atoms with E-state index in [1.54, 1.807) is 0 Å². The fraction of sp³-hybridized carbons (Fsp3) is 0.231. The average molecular weight is 207 g/mol. The third-order valence-corrected chi connectivity index (χ3v) is 2.56. The molecule has 0 saturated carbocycles. The maximum atomic E-state index is 6.13. The number of aryl methyl sites for hydroxylation is 1. The number of fused-ring (bicyclic) bond motifs is 1. The van der Waals surface area contributed by atoms with Gasteiger partial charge in [-0.2, -0.15) is 0 Å². The fourth-order valence-electron chi connectivity index (χ4n) is 1.34. The molecule has 14 heavy (non-hydrogen) atoms. The Morgan fingerprint density at radius 3 is 2.29 bits per heavy atom. The third-order valence-electron chi connectivity index (χ3n) is 2.06. The molecule has 2 aromatic carbocycles. The van der Waals surface area contributed by atoms with Gasteiger partial charge < -0.3 is 0 Å². The number of hydrogen-bond donors (Lipinski definition) is 0. The maximum Gasteiger partial charge on any atom is 0.0513 e. The monoisotopic (exact) mass is 206 g/mol. The van der Waals surface area contributed by atoms with Gasteiger partial charge in [0.1, 0.15) is 0 Å². The Morgan fingerprint density at radius 1 is 0.929 bits per heavy atom. The lowest BCUT2D eigenvalue weighted by Crippen LogP contribution is -1.77. The number of rotatable bonds is 0. The summed E-state index contributed by atoms with van der Waals surface area (Å²) in [4.78, 5) is 0. The van der Waals surface area contributed by atoms with Crippen LogP contribution < -0.4 is 0 Å². The van der Waals surface area contributed by atoms with Gasteiger partial charge in [0.15, 0.2) is 0 Å². The summed E-state index contributed by atoms with van der Waals surface area (Å²) in [6.45, 7) is 6.02. The van der Waals surface area contributed by atoms with Crippen LogP contribution in [0.1, 0.15) is 19.4 Å². The van der Waals surface area contributed by atoms with E-state index >= 15 is 0 Å². The summed E-state index contributed by atoms with van der Waals surface area (Å²) in [6.07, 6.45) is 0. The molecule has 2 rings (SSSR count). The smallest absolute Gasteiger partial charge is 0.0513 e. The summed E-state index contributed by atoms with van der Waals surface area (Å²) < 4.78 is 0. The van der Waals surface area contributed by atoms with Crippen LogP contribution in [-0.2, 0) is 0 Å². The second kappa shape index (κ2) is 5.02. The van der Waals surface area contributed by atoms with Crippen molar-refractivity contribution in [2.24, 2.45) is 0 Å². The van der Waals surface area contributed by atoms with Crippen molar-refractivity contribution in [3.05, 3.63) is 47.0 Å². The van der Waals surface area contributed by atoms with Gasteiger partial charge in [-0.1, -0.05) is 61.8 Å². The maximum absolute atomic E-state index is 6.13. The lowest BCUT2D eigenvalue weighted by Gasteiger charge is -2.02. The topological polar surface area (TPSA) is 0 Å². The average Bonchev–Trinajstić information content (AvgIpc) is 2.27. The number of benzene rings is 2. The first-order chi connectivity index (χ1) is 6.79. The van der Waals surface area contributed by atoms with Crippen LogP contribution in [0.4, 0.5) is 0 Å². The molecule has 0 aromatic heterocycles. The summed E-state index contributed by atoms with van der Waals surface area (Å²) in [7, 11) is 0. The predicted octanol–water partition coefficient (Wildman–Crippen LogP) is 4.83. The number of halogens is 1. The van der Waals surface area contributed by atoms with E-state index in [1.165, 1.54) is 5.39 Å². The first-order valence-corrected chi connectivity index (χ1v) is 5.30. The van der Waals surface area contributed by atoms with Gasteiger partial charge in [0, 0.05) is 5.39 Å². The molecule has 0 unspecified atom stereocenters. The van der Waals surface area contributed by atoms with Crippen molar-refractivity contribution in [2.75, 3.05) is 0 Å². The zero-order chi connectivity index (χ0) is 10.6. The molecule has 1 heteroatoms. The van der Waals surface area contributed by atoms with Gasteiger partial charge in [0.25, 0.3) is 0 Å². The summed E-state index contributed by atoms with van der Waals surface area (Å²) >= 11 is 6.13. The molecular weight excluding hydrogens is 192 g/mol. The van der Waals surface area contributed by atoms with E-state index in [2.05, 4.69) is 12.1 Å². The van der Waals surface area contributed by atoms with E-state index in [9.17, 15) is 0 Å². The molecule has 0 amide bonds. The molecule has 0 atom stereocenters. The zero-order valence-corrected chi connectivity index (χ0v) is 9.60. The third kappa shape index (κ3) is 2.08. The van der Waals surface area contributed by atoms with Crippen LogP contribution in [-0.4, -0.2) is 0 Å². The largest absolute Gasteiger partial charge is 0.0834 e. The van der Waals surface area contributed by atoms with Gasteiger partial charge in [-0.15, -0.1) is 0 Å². The quantitative estimate of drug-likeness (QED) is 0.579. The Bertz CT molecular complexity index is 419. The summed E-state index contributed by atoms with van der Waals surface area (Å²) in [5.74, 6) is 0. The Labute approximate surface area is 90.5 Å². The van der Waals surface area contributed by atoms with Gasteiger partial charge in [-0.05, 0) is 17.9 Å².